The second-order valence-corrected chi connectivity index (χ2v) is 3.86. The van der Waals surface area contributed by atoms with Gasteiger partial charge in [-0.25, -0.2) is 0 Å². The van der Waals surface area contributed by atoms with Crippen LogP contribution in [0.3, 0.4) is 0 Å². The van der Waals surface area contributed by atoms with E-state index in [0.717, 1.165) is 19.4 Å². The van der Waals surface area contributed by atoms with E-state index in [1.54, 1.807) is 0 Å². The van der Waals surface area contributed by atoms with Crippen molar-refractivity contribution in [1.82, 2.24) is 4.90 Å². The Morgan fingerprint density at radius 1 is 1.69 bits per heavy atom. The molecule has 0 amide bonds. The van der Waals surface area contributed by atoms with Crippen LogP contribution in [0.5, 0.6) is 0 Å². The third kappa shape index (κ3) is 2.40. The highest BCUT2D eigenvalue weighted by atomic mass is 32.1. The Morgan fingerprint density at radius 3 is 2.77 bits per heavy atom. The highest BCUT2D eigenvalue weighted by Crippen LogP contribution is 2.19. The van der Waals surface area contributed by atoms with Gasteiger partial charge >= 0.3 is 7.12 Å². The van der Waals surface area contributed by atoms with Gasteiger partial charge in [0.2, 0.25) is 0 Å². The van der Waals surface area contributed by atoms with E-state index in [-0.39, 0.29) is 12.0 Å². The Balaban J connectivity index is 2.63. The van der Waals surface area contributed by atoms with Crippen molar-refractivity contribution in [3.05, 3.63) is 0 Å². The molecule has 4 N–H and O–H groups in total. The van der Waals surface area contributed by atoms with E-state index in [2.05, 4.69) is 0 Å². The number of nitrogens with two attached hydrogens (primary N) is 1. The number of hydrogen-bond acceptors (Lipinski definition) is 4. The molecule has 1 aliphatic rings. The lowest BCUT2D eigenvalue weighted by Gasteiger charge is -2.28. The smallest absolute Gasteiger partial charge is 0.426 e. The zero-order valence-corrected chi connectivity index (χ0v) is 8.50. The minimum atomic E-state index is -1.32. The zero-order valence-electron chi connectivity index (χ0n) is 7.68. The summed E-state index contributed by atoms with van der Waals surface area (Å²) < 4.78 is 0. The van der Waals surface area contributed by atoms with Crippen molar-refractivity contribution in [3.8, 4) is 0 Å². The molecule has 1 saturated heterocycles. The lowest BCUT2D eigenvalue weighted by Crippen LogP contribution is -2.49. The van der Waals surface area contributed by atoms with Crippen LogP contribution in [0.2, 0.25) is 0 Å². The van der Waals surface area contributed by atoms with Crippen LogP contribution in [0.4, 0.5) is 0 Å². The van der Waals surface area contributed by atoms with Crippen LogP contribution < -0.4 is 5.73 Å². The molecule has 0 spiro atoms. The number of likely N-dealkylation sites (tertiary alicyclic amines) is 1. The van der Waals surface area contributed by atoms with E-state index in [1.807, 2.05) is 11.8 Å². The van der Waals surface area contributed by atoms with Crippen molar-refractivity contribution in [2.45, 2.75) is 31.7 Å². The quantitative estimate of drug-likeness (QED) is 0.401. The summed E-state index contributed by atoms with van der Waals surface area (Å²) in [5.41, 5.74) is 5.63. The molecule has 0 radical (unpaired) electrons. The lowest BCUT2D eigenvalue weighted by molar-refractivity contribution is 0.334. The fraction of sp³-hybridized carbons (Fsp3) is 0.857. The third-order valence-corrected chi connectivity index (χ3v) is 2.92. The van der Waals surface area contributed by atoms with E-state index in [1.165, 1.54) is 0 Å². The van der Waals surface area contributed by atoms with Gasteiger partial charge in [0.15, 0.2) is 0 Å². The van der Waals surface area contributed by atoms with Gasteiger partial charge in [0.1, 0.15) is 0 Å². The molecule has 0 aliphatic carbocycles. The highest BCUT2D eigenvalue weighted by molar-refractivity contribution is 7.80. The number of nitrogens with zero attached hydrogens (tertiary/aromatic N) is 1. The molecule has 1 fully saturated rings. The van der Waals surface area contributed by atoms with Gasteiger partial charge in [0.25, 0.3) is 0 Å². The van der Waals surface area contributed by atoms with Gasteiger partial charge in [-0.05, 0) is 19.8 Å². The summed E-state index contributed by atoms with van der Waals surface area (Å²) in [4.78, 5) is 2.45. The number of thiocarbonyl (C=S) groups is 1. The van der Waals surface area contributed by atoms with Gasteiger partial charge < -0.3 is 20.7 Å². The average Bonchev–Trinajstić information content (AvgIpc) is 2.50. The molecule has 1 rings (SSSR count). The molecule has 2 atom stereocenters. The highest BCUT2D eigenvalue weighted by Gasteiger charge is 2.35. The molecule has 0 aromatic carbocycles. The van der Waals surface area contributed by atoms with Gasteiger partial charge in [0.05, 0.1) is 17.0 Å². The largest absolute Gasteiger partial charge is 0.475 e. The summed E-state index contributed by atoms with van der Waals surface area (Å²) in [5.74, 6) is -0.265. The van der Waals surface area contributed by atoms with Crippen molar-refractivity contribution in [3.63, 3.8) is 0 Å². The molecule has 4 nitrogen and oxygen atoms in total. The molecule has 6 heteroatoms. The summed E-state index contributed by atoms with van der Waals surface area (Å²) in [6, 6.07) is -0.200. The maximum atomic E-state index is 9.07. The van der Waals surface area contributed by atoms with E-state index in [0.29, 0.717) is 4.99 Å². The number of rotatable bonds is 2. The first-order valence-corrected chi connectivity index (χ1v) is 4.87. The summed E-state index contributed by atoms with van der Waals surface area (Å²) in [6.07, 6.45) is 1.71. The molecular weight excluding hydrogens is 187 g/mol. The predicted molar refractivity (Wildman–Crippen MR) is 56.2 cm³/mol. The first-order valence-electron chi connectivity index (χ1n) is 4.46. The van der Waals surface area contributed by atoms with Crippen molar-refractivity contribution >= 4 is 24.3 Å². The SMILES string of the molecule is CC(N)C(=S)N1CCCC1B(O)O. The van der Waals surface area contributed by atoms with E-state index < -0.39 is 7.12 Å². The topological polar surface area (TPSA) is 69.7 Å². The average molecular weight is 202 g/mol. The van der Waals surface area contributed by atoms with Gasteiger partial charge in [-0.15, -0.1) is 0 Å². The zero-order chi connectivity index (χ0) is 10.0. The van der Waals surface area contributed by atoms with E-state index >= 15 is 0 Å². The van der Waals surface area contributed by atoms with Crippen LogP contribution in [0.15, 0.2) is 0 Å². The first-order chi connectivity index (χ1) is 6.04. The first kappa shape index (κ1) is 10.9. The Bertz CT molecular complexity index is 201. The van der Waals surface area contributed by atoms with Crippen molar-refractivity contribution in [1.29, 1.82) is 0 Å². The van der Waals surface area contributed by atoms with Crippen LogP contribution in [0.1, 0.15) is 19.8 Å². The Hall–Kier alpha value is -0.165. The molecule has 74 valence electrons. The van der Waals surface area contributed by atoms with E-state index in [9.17, 15) is 0 Å². The number of hydrogen-bond donors (Lipinski definition) is 3. The molecule has 0 aromatic heterocycles. The second kappa shape index (κ2) is 4.37. The van der Waals surface area contributed by atoms with Crippen molar-refractivity contribution in [2.75, 3.05) is 6.54 Å². The molecule has 0 bridgehead atoms. The Kier molecular flexibility index (Phi) is 3.67. The molecule has 0 aromatic rings. The maximum Gasteiger partial charge on any atom is 0.475 e. The van der Waals surface area contributed by atoms with Crippen LogP contribution >= 0.6 is 12.2 Å². The summed E-state index contributed by atoms with van der Waals surface area (Å²) >= 11 is 5.11. The predicted octanol–water partition coefficient (Wildman–Crippen LogP) is -0.863. The van der Waals surface area contributed by atoms with Crippen LogP contribution in [-0.2, 0) is 0 Å². The Morgan fingerprint density at radius 2 is 2.31 bits per heavy atom. The third-order valence-electron chi connectivity index (χ3n) is 2.32. The monoisotopic (exact) mass is 202 g/mol. The molecule has 1 heterocycles. The minimum absolute atomic E-state index is 0.200. The summed E-state index contributed by atoms with van der Waals surface area (Å²) in [7, 11) is -1.32. The van der Waals surface area contributed by atoms with Crippen LogP contribution in [0, 0.1) is 0 Å². The molecule has 2 unspecified atom stereocenters. The molecular formula is C7H15BN2O2S. The fourth-order valence-electron chi connectivity index (χ4n) is 1.64. The standard InChI is InChI=1S/C7H15BN2O2S/c1-5(9)7(13)10-4-2-3-6(10)8(11)12/h5-6,11-12H,2-4,9H2,1H3. The van der Waals surface area contributed by atoms with Crippen LogP contribution in [0.25, 0.3) is 0 Å². The maximum absolute atomic E-state index is 9.07. The second-order valence-electron chi connectivity index (χ2n) is 3.44. The van der Waals surface area contributed by atoms with Gasteiger partial charge in [-0.3, -0.25) is 0 Å². The van der Waals surface area contributed by atoms with Crippen molar-refractivity contribution < 1.29 is 10.0 Å². The van der Waals surface area contributed by atoms with Gasteiger partial charge in [0, 0.05) is 6.54 Å². The van der Waals surface area contributed by atoms with Crippen molar-refractivity contribution in [2.24, 2.45) is 5.73 Å². The summed E-state index contributed by atoms with van der Waals surface area (Å²) in [6.45, 7) is 2.59. The van der Waals surface area contributed by atoms with E-state index in [4.69, 9.17) is 28.0 Å². The van der Waals surface area contributed by atoms with Crippen LogP contribution in [-0.4, -0.2) is 45.6 Å². The summed E-state index contributed by atoms with van der Waals surface area (Å²) in [5, 5.41) is 18.1. The Labute approximate surface area is 83.9 Å². The molecule has 13 heavy (non-hydrogen) atoms. The normalized spacial score (nSPS) is 24.6. The minimum Gasteiger partial charge on any atom is -0.426 e. The lowest BCUT2D eigenvalue weighted by atomic mass is 9.78. The van der Waals surface area contributed by atoms with Gasteiger partial charge in [-0.1, -0.05) is 12.2 Å². The van der Waals surface area contributed by atoms with Gasteiger partial charge in [-0.2, -0.15) is 0 Å². The fourth-order valence-corrected chi connectivity index (χ4v) is 1.86. The molecule has 1 aliphatic heterocycles. The molecule has 0 saturated carbocycles.